The van der Waals surface area contributed by atoms with Gasteiger partial charge in [0, 0.05) is 23.3 Å². The summed E-state index contributed by atoms with van der Waals surface area (Å²) in [5.41, 5.74) is 2.63. The van der Waals surface area contributed by atoms with Crippen molar-refractivity contribution in [2.45, 2.75) is 13.0 Å². The minimum absolute atomic E-state index is 0.0770. The van der Waals surface area contributed by atoms with Crippen LogP contribution in [0.5, 0.6) is 0 Å². The lowest BCUT2D eigenvalue weighted by Gasteiger charge is -2.02. The van der Waals surface area contributed by atoms with E-state index in [0.29, 0.717) is 5.13 Å². The quantitative estimate of drug-likeness (QED) is 0.622. The molecule has 1 aromatic carbocycles. The van der Waals surface area contributed by atoms with Crippen LogP contribution in [0.4, 0.5) is 9.52 Å². The molecule has 0 N–H and O–H groups in total. The van der Waals surface area contributed by atoms with Gasteiger partial charge in [-0.1, -0.05) is 6.07 Å². The monoisotopic (exact) mass is 312 g/mol. The van der Waals surface area contributed by atoms with E-state index in [2.05, 4.69) is 20.2 Å². The molecule has 0 fully saturated rings. The minimum atomic E-state index is -0.260. The number of pyridine rings is 1. The number of hydrogen-bond acceptors (Lipinski definition) is 5. The van der Waals surface area contributed by atoms with Gasteiger partial charge in [0.25, 0.3) is 0 Å². The van der Waals surface area contributed by atoms with Crippen molar-refractivity contribution < 1.29 is 4.39 Å². The maximum absolute atomic E-state index is 12.9. The van der Waals surface area contributed by atoms with Gasteiger partial charge in [-0.2, -0.15) is 5.11 Å². The third kappa shape index (κ3) is 3.40. The molecule has 1 unspecified atom stereocenters. The second-order valence-electron chi connectivity index (χ2n) is 4.70. The van der Waals surface area contributed by atoms with Gasteiger partial charge in [-0.3, -0.25) is 4.98 Å². The van der Waals surface area contributed by atoms with Gasteiger partial charge in [0.15, 0.2) is 0 Å². The zero-order chi connectivity index (χ0) is 15.4. The van der Waals surface area contributed by atoms with Crippen molar-refractivity contribution in [1.29, 1.82) is 0 Å². The smallest absolute Gasteiger partial charge is 0.230 e. The summed E-state index contributed by atoms with van der Waals surface area (Å²) >= 11 is 1.40. The summed E-state index contributed by atoms with van der Waals surface area (Å²) in [6.45, 7) is 1.95. The molecule has 1 atom stereocenters. The van der Waals surface area contributed by atoms with Gasteiger partial charge in [0.2, 0.25) is 5.13 Å². The van der Waals surface area contributed by atoms with Gasteiger partial charge in [0.1, 0.15) is 5.82 Å². The maximum Gasteiger partial charge on any atom is 0.230 e. The molecule has 0 aliphatic carbocycles. The van der Waals surface area contributed by atoms with Crippen LogP contribution in [0.15, 0.2) is 64.4 Å². The van der Waals surface area contributed by atoms with Crippen LogP contribution >= 0.6 is 11.3 Å². The molecule has 22 heavy (non-hydrogen) atoms. The Morgan fingerprint density at radius 3 is 2.73 bits per heavy atom. The van der Waals surface area contributed by atoms with Gasteiger partial charge in [0.05, 0.1) is 11.7 Å². The molecule has 6 heteroatoms. The zero-order valence-electron chi connectivity index (χ0n) is 11.8. The topological polar surface area (TPSA) is 50.5 Å². The molecular formula is C16H13FN4S. The van der Waals surface area contributed by atoms with Crippen molar-refractivity contribution in [1.82, 2.24) is 9.97 Å². The van der Waals surface area contributed by atoms with Crippen LogP contribution in [0.2, 0.25) is 0 Å². The van der Waals surface area contributed by atoms with Gasteiger partial charge in [-0.15, -0.1) is 16.5 Å². The van der Waals surface area contributed by atoms with Crippen molar-refractivity contribution >= 4 is 16.5 Å². The van der Waals surface area contributed by atoms with E-state index < -0.39 is 0 Å². The summed E-state index contributed by atoms with van der Waals surface area (Å²) in [6.07, 6.45) is 3.50. The molecule has 110 valence electrons. The van der Waals surface area contributed by atoms with Crippen LogP contribution in [0.3, 0.4) is 0 Å². The fourth-order valence-corrected chi connectivity index (χ4v) is 2.54. The maximum atomic E-state index is 12.9. The molecule has 3 rings (SSSR count). The average Bonchev–Trinajstić information content (AvgIpc) is 3.03. The third-order valence-electron chi connectivity index (χ3n) is 3.12. The molecule has 3 aromatic rings. The van der Waals surface area contributed by atoms with Crippen LogP contribution in [-0.4, -0.2) is 9.97 Å². The molecular weight excluding hydrogens is 299 g/mol. The van der Waals surface area contributed by atoms with E-state index in [1.807, 2.05) is 24.4 Å². The van der Waals surface area contributed by atoms with Crippen molar-refractivity contribution in [3.8, 4) is 11.3 Å². The summed E-state index contributed by atoms with van der Waals surface area (Å²) in [7, 11) is 0. The first-order valence-electron chi connectivity index (χ1n) is 6.74. The third-order valence-corrected chi connectivity index (χ3v) is 3.84. The molecule has 0 amide bonds. The summed E-state index contributed by atoms with van der Waals surface area (Å²) in [5.74, 6) is -0.260. The van der Waals surface area contributed by atoms with E-state index in [1.165, 1.54) is 23.5 Å². The highest BCUT2D eigenvalue weighted by Crippen LogP contribution is 2.28. The predicted molar refractivity (Wildman–Crippen MR) is 84.7 cm³/mol. The van der Waals surface area contributed by atoms with E-state index >= 15 is 0 Å². The van der Waals surface area contributed by atoms with E-state index in [9.17, 15) is 4.39 Å². The summed E-state index contributed by atoms with van der Waals surface area (Å²) in [5, 5.41) is 10.9. The number of azo groups is 1. The van der Waals surface area contributed by atoms with Crippen LogP contribution in [0, 0.1) is 5.82 Å². The number of benzene rings is 1. The van der Waals surface area contributed by atoms with E-state index in [4.69, 9.17) is 0 Å². The molecule has 2 aromatic heterocycles. The Labute approximate surface area is 131 Å². The van der Waals surface area contributed by atoms with Crippen molar-refractivity contribution in [3.05, 3.63) is 65.6 Å². The average molecular weight is 312 g/mol. The number of rotatable bonds is 4. The van der Waals surface area contributed by atoms with Crippen LogP contribution in [-0.2, 0) is 0 Å². The lowest BCUT2D eigenvalue weighted by molar-refractivity contribution is 0.628. The number of hydrogen-bond donors (Lipinski definition) is 0. The first-order chi connectivity index (χ1) is 10.7. The Morgan fingerprint density at radius 1 is 1.18 bits per heavy atom. The first kappa shape index (κ1) is 14.5. The Hall–Kier alpha value is -2.47. The number of aromatic nitrogens is 2. The minimum Gasteiger partial charge on any atom is -0.264 e. The SMILES string of the molecule is CC(N=Nc1nc(-c2ccc(F)cc2)cs1)c1cccnc1. The largest absolute Gasteiger partial charge is 0.264 e. The Balaban J connectivity index is 1.74. The lowest BCUT2D eigenvalue weighted by atomic mass is 10.2. The number of nitrogens with zero attached hydrogens (tertiary/aromatic N) is 4. The predicted octanol–water partition coefficient (Wildman–Crippen LogP) is 5.19. The normalized spacial score (nSPS) is 12.6. The second kappa shape index (κ2) is 6.53. The Kier molecular flexibility index (Phi) is 4.29. The van der Waals surface area contributed by atoms with E-state index in [1.54, 1.807) is 24.5 Å². The summed E-state index contributed by atoms with van der Waals surface area (Å²) in [6, 6.07) is 9.99. The highest BCUT2D eigenvalue weighted by Gasteiger charge is 2.06. The molecule has 0 saturated carbocycles. The number of halogens is 1. The standard InChI is InChI=1S/C16H13FN4S/c1-11(13-3-2-8-18-9-13)20-21-16-19-15(10-22-16)12-4-6-14(17)7-5-12/h2-11H,1H3. The van der Waals surface area contributed by atoms with Crippen LogP contribution < -0.4 is 0 Å². The first-order valence-corrected chi connectivity index (χ1v) is 7.62. The fourth-order valence-electron chi connectivity index (χ4n) is 1.89. The van der Waals surface area contributed by atoms with E-state index in [-0.39, 0.29) is 11.9 Å². The zero-order valence-corrected chi connectivity index (χ0v) is 12.7. The Morgan fingerprint density at radius 2 is 2.00 bits per heavy atom. The molecule has 0 bridgehead atoms. The molecule has 2 heterocycles. The summed E-state index contributed by atoms with van der Waals surface area (Å²) in [4.78, 5) is 8.46. The van der Waals surface area contributed by atoms with Crippen molar-refractivity contribution in [2.24, 2.45) is 10.2 Å². The van der Waals surface area contributed by atoms with Gasteiger partial charge in [-0.25, -0.2) is 9.37 Å². The number of thiazole rings is 1. The van der Waals surface area contributed by atoms with Crippen molar-refractivity contribution in [2.75, 3.05) is 0 Å². The van der Waals surface area contributed by atoms with Crippen LogP contribution in [0.1, 0.15) is 18.5 Å². The highest BCUT2D eigenvalue weighted by molar-refractivity contribution is 7.13. The van der Waals surface area contributed by atoms with Crippen LogP contribution in [0.25, 0.3) is 11.3 Å². The molecule has 0 spiro atoms. The lowest BCUT2D eigenvalue weighted by Crippen LogP contribution is -1.88. The van der Waals surface area contributed by atoms with E-state index in [0.717, 1.165) is 16.8 Å². The molecule has 0 saturated heterocycles. The second-order valence-corrected chi connectivity index (χ2v) is 5.54. The highest BCUT2D eigenvalue weighted by atomic mass is 32.1. The molecule has 0 aliphatic rings. The van der Waals surface area contributed by atoms with Gasteiger partial charge in [-0.05, 0) is 42.8 Å². The molecule has 0 aliphatic heterocycles. The molecule has 4 nitrogen and oxygen atoms in total. The Bertz CT molecular complexity index is 768. The van der Waals surface area contributed by atoms with Crippen molar-refractivity contribution in [3.63, 3.8) is 0 Å². The van der Waals surface area contributed by atoms with Gasteiger partial charge >= 0.3 is 0 Å². The molecule has 0 radical (unpaired) electrons. The fraction of sp³-hybridized carbons (Fsp3) is 0.125. The summed E-state index contributed by atoms with van der Waals surface area (Å²) < 4.78 is 12.9. The van der Waals surface area contributed by atoms with Gasteiger partial charge < -0.3 is 0 Å².